The van der Waals surface area contributed by atoms with Gasteiger partial charge in [0.05, 0.1) is 28.5 Å². The van der Waals surface area contributed by atoms with Gasteiger partial charge in [-0.2, -0.15) is 10.3 Å². The number of hydrogen-bond donors (Lipinski definition) is 0. The number of ether oxygens (including phenoxy) is 1. The Kier molecular flexibility index (Phi) is 5.12. The van der Waals surface area contributed by atoms with Crippen LogP contribution in [0.4, 0.5) is 0 Å². The summed E-state index contributed by atoms with van der Waals surface area (Å²) in [7, 11) is 1.69. The number of hydrogen-bond acceptors (Lipinski definition) is 4. The van der Waals surface area contributed by atoms with Crippen molar-refractivity contribution in [1.82, 2.24) is 4.57 Å². The summed E-state index contributed by atoms with van der Waals surface area (Å²) in [5, 5.41) is 9.04. The van der Waals surface area contributed by atoms with Crippen molar-refractivity contribution >= 4 is 17.2 Å². The first-order valence-electron chi connectivity index (χ1n) is 10.9. The Morgan fingerprint density at radius 2 is 1.83 bits per heavy atom. The van der Waals surface area contributed by atoms with Gasteiger partial charge in [-0.1, -0.05) is 23.5 Å². The Morgan fingerprint density at radius 3 is 2.40 bits per heavy atom. The van der Waals surface area contributed by atoms with Crippen LogP contribution in [0.3, 0.4) is 0 Å². The van der Waals surface area contributed by atoms with Gasteiger partial charge in [0.25, 0.3) is 5.91 Å². The minimum absolute atomic E-state index is 0.0981. The number of carbonyl (C=O) groups is 1. The average molecular weight is 422 g/mol. The molecule has 6 heteroatoms. The van der Waals surface area contributed by atoms with Crippen molar-refractivity contribution in [3.05, 3.63) is 40.8 Å². The highest BCUT2D eigenvalue weighted by Gasteiger charge is 2.54. The predicted molar refractivity (Wildman–Crippen MR) is 116 cm³/mol. The van der Waals surface area contributed by atoms with E-state index in [2.05, 4.69) is 12.3 Å². The third-order valence-electron chi connectivity index (χ3n) is 7.24. The van der Waals surface area contributed by atoms with E-state index in [4.69, 9.17) is 15.0 Å². The summed E-state index contributed by atoms with van der Waals surface area (Å²) in [6.07, 6.45) is 9.12. The van der Waals surface area contributed by atoms with Crippen LogP contribution in [0, 0.1) is 34.5 Å². The van der Waals surface area contributed by atoms with Crippen molar-refractivity contribution in [2.45, 2.75) is 45.1 Å². The molecule has 1 heterocycles. The van der Waals surface area contributed by atoms with E-state index in [0.717, 1.165) is 52.3 Å². The maximum Gasteiger partial charge on any atom is 0.254 e. The number of amides is 1. The lowest BCUT2D eigenvalue weighted by Crippen LogP contribution is -2.49. The molecule has 4 saturated carbocycles. The van der Waals surface area contributed by atoms with E-state index < -0.39 is 0 Å². The minimum Gasteiger partial charge on any atom is -0.383 e. The van der Waals surface area contributed by atoms with E-state index in [1.165, 1.54) is 19.3 Å². The smallest absolute Gasteiger partial charge is 0.254 e. The molecule has 0 N–H and O–H groups in total. The van der Waals surface area contributed by atoms with Gasteiger partial charge in [-0.15, -0.1) is 0 Å². The highest BCUT2D eigenvalue weighted by molar-refractivity contribution is 7.12. The molecule has 0 unspecified atom stereocenters. The van der Waals surface area contributed by atoms with Gasteiger partial charge in [0.2, 0.25) is 0 Å². The molecule has 5 nitrogen and oxygen atoms in total. The molecule has 0 radical (unpaired) electrons. The quantitative estimate of drug-likeness (QED) is 0.720. The SMILES string of the molecule is COCCn1cc(-c2ccc(C#N)cc2)sc1=NC(=O)C12CC3CC(CC(C3)C1)C2. The minimum atomic E-state index is -0.216. The lowest BCUT2D eigenvalue weighted by molar-refractivity contribution is -0.142. The van der Waals surface area contributed by atoms with Gasteiger partial charge < -0.3 is 9.30 Å². The van der Waals surface area contributed by atoms with E-state index in [0.29, 0.717) is 18.7 Å². The lowest BCUT2D eigenvalue weighted by Gasteiger charge is -2.55. The van der Waals surface area contributed by atoms with Gasteiger partial charge in [-0.05, 0) is 74.0 Å². The van der Waals surface area contributed by atoms with Crippen LogP contribution in [0.25, 0.3) is 10.4 Å². The molecule has 0 atom stereocenters. The van der Waals surface area contributed by atoms with Crippen molar-refractivity contribution < 1.29 is 9.53 Å². The van der Waals surface area contributed by atoms with Crippen molar-refractivity contribution in [3.8, 4) is 16.5 Å². The first-order valence-corrected chi connectivity index (χ1v) is 11.7. The van der Waals surface area contributed by atoms with E-state index in [-0.39, 0.29) is 11.3 Å². The fourth-order valence-electron chi connectivity index (χ4n) is 6.24. The Balaban J connectivity index is 1.49. The van der Waals surface area contributed by atoms with Crippen LogP contribution < -0.4 is 4.80 Å². The molecule has 4 fully saturated rings. The van der Waals surface area contributed by atoms with Gasteiger partial charge in [0.1, 0.15) is 0 Å². The third-order valence-corrected chi connectivity index (χ3v) is 8.31. The van der Waals surface area contributed by atoms with Crippen LogP contribution in [0.5, 0.6) is 0 Å². The fourth-order valence-corrected chi connectivity index (χ4v) is 7.26. The molecule has 2 aromatic rings. The van der Waals surface area contributed by atoms with Gasteiger partial charge in [-0.25, -0.2) is 0 Å². The van der Waals surface area contributed by atoms with Crippen molar-refractivity contribution in [1.29, 1.82) is 5.26 Å². The molecule has 4 aliphatic rings. The first-order chi connectivity index (χ1) is 14.6. The average Bonchev–Trinajstić information content (AvgIpc) is 3.14. The van der Waals surface area contributed by atoms with Crippen LogP contribution in [0.1, 0.15) is 44.1 Å². The zero-order valence-corrected chi connectivity index (χ0v) is 18.2. The largest absolute Gasteiger partial charge is 0.383 e. The summed E-state index contributed by atoms with van der Waals surface area (Å²) in [5.41, 5.74) is 1.46. The molecule has 6 rings (SSSR count). The van der Waals surface area contributed by atoms with Crippen LogP contribution in [0.15, 0.2) is 35.5 Å². The highest BCUT2D eigenvalue weighted by Crippen LogP contribution is 2.60. The Hall–Kier alpha value is -2.23. The maximum absolute atomic E-state index is 13.5. The molecule has 0 spiro atoms. The van der Waals surface area contributed by atoms with Crippen LogP contribution in [-0.4, -0.2) is 24.2 Å². The Labute approximate surface area is 181 Å². The molecule has 1 amide bonds. The first kappa shape index (κ1) is 19.7. The van der Waals surface area contributed by atoms with E-state index >= 15 is 0 Å². The number of thiazole rings is 1. The molecule has 0 saturated heterocycles. The number of nitriles is 1. The van der Waals surface area contributed by atoms with Crippen LogP contribution >= 0.6 is 11.3 Å². The standard InChI is InChI=1S/C24H27N3O2S/c1-29-7-6-27-15-21(20-4-2-16(14-25)3-5-20)30-23(27)26-22(28)24-11-17-8-18(12-24)10-19(9-17)13-24/h2-5,15,17-19H,6-13H2,1H3. The number of aromatic nitrogens is 1. The van der Waals surface area contributed by atoms with Gasteiger partial charge in [-0.3, -0.25) is 4.79 Å². The van der Waals surface area contributed by atoms with Crippen molar-refractivity contribution in [2.24, 2.45) is 28.2 Å². The van der Waals surface area contributed by atoms with E-state index in [9.17, 15) is 4.79 Å². The second kappa shape index (κ2) is 7.79. The summed E-state index contributed by atoms with van der Waals surface area (Å²) < 4.78 is 7.31. The van der Waals surface area contributed by atoms with Gasteiger partial charge in [0.15, 0.2) is 4.80 Å². The second-order valence-electron chi connectivity index (χ2n) is 9.37. The predicted octanol–water partition coefficient (Wildman–Crippen LogP) is 4.38. The number of benzene rings is 1. The van der Waals surface area contributed by atoms with Crippen LogP contribution in [-0.2, 0) is 16.1 Å². The number of carbonyl (C=O) groups excluding carboxylic acids is 1. The molecule has 156 valence electrons. The summed E-state index contributed by atoms with van der Waals surface area (Å²) in [6.45, 7) is 1.23. The molecule has 4 aliphatic carbocycles. The monoisotopic (exact) mass is 421 g/mol. The second-order valence-corrected chi connectivity index (χ2v) is 10.4. The summed E-state index contributed by atoms with van der Waals surface area (Å²) in [5.74, 6) is 2.29. The Morgan fingerprint density at radius 1 is 1.20 bits per heavy atom. The van der Waals surface area contributed by atoms with Gasteiger partial charge in [0, 0.05) is 19.9 Å². The lowest BCUT2D eigenvalue weighted by atomic mass is 9.49. The summed E-state index contributed by atoms with van der Waals surface area (Å²) in [4.78, 5) is 20.0. The molecule has 1 aromatic carbocycles. The normalized spacial score (nSPS) is 29.9. The molecular weight excluding hydrogens is 394 g/mol. The summed E-state index contributed by atoms with van der Waals surface area (Å²) >= 11 is 1.55. The number of nitrogens with zero attached hydrogens (tertiary/aromatic N) is 3. The molecule has 1 aromatic heterocycles. The van der Waals surface area contributed by atoms with Gasteiger partial charge >= 0.3 is 0 Å². The third kappa shape index (κ3) is 3.55. The molecule has 4 bridgehead atoms. The fraction of sp³-hybridized carbons (Fsp3) is 0.542. The number of methoxy groups -OCH3 is 1. The van der Waals surface area contributed by atoms with Crippen molar-refractivity contribution in [2.75, 3.05) is 13.7 Å². The van der Waals surface area contributed by atoms with E-state index in [1.807, 2.05) is 28.8 Å². The topological polar surface area (TPSA) is 67.4 Å². The zero-order chi connectivity index (χ0) is 20.7. The molecule has 0 aliphatic heterocycles. The zero-order valence-electron chi connectivity index (χ0n) is 17.3. The van der Waals surface area contributed by atoms with E-state index in [1.54, 1.807) is 18.4 Å². The Bertz CT molecular complexity index is 1020. The molecule has 30 heavy (non-hydrogen) atoms. The van der Waals surface area contributed by atoms with Crippen LogP contribution in [0.2, 0.25) is 0 Å². The number of rotatable bonds is 5. The summed E-state index contributed by atoms with van der Waals surface area (Å²) in [6, 6.07) is 9.72. The highest BCUT2D eigenvalue weighted by atomic mass is 32.1. The maximum atomic E-state index is 13.5. The molecular formula is C24H27N3O2S. The van der Waals surface area contributed by atoms with Crippen molar-refractivity contribution in [3.63, 3.8) is 0 Å².